The summed E-state index contributed by atoms with van der Waals surface area (Å²) in [5.41, 5.74) is 2.08. The Hall–Kier alpha value is -2.16. The van der Waals surface area contributed by atoms with E-state index < -0.39 is 5.82 Å². The quantitative estimate of drug-likeness (QED) is 0.670. The first-order valence-corrected chi connectivity index (χ1v) is 7.94. The van der Waals surface area contributed by atoms with Gasteiger partial charge in [-0.15, -0.1) is 0 Å². The largest absolute Gasteiger partial charge is 0.489 e. The van der Waals surface area contributed by atoms with E-state index in [0.29, 0.717) is 22.8 Å². The highest BCUT2D eigenvalue weighted by atomic mass is 19.1. The number of halogens is 1. The van der Waals surface area contributed by atoms with E-state index in [1.165, 1.54) is 11.6 Å². The van der Waals surface area contributed by atoms with Crippen molar-refractivity contribution in [3.8, 4) is 5.75 Å². The summed E-state index contributed by atoms with van der Waals surface area (Å²) in [7, 11) is 0. The molecule has 3 heteroatoms. The lowest BCUT2D eigenvalue weighted by molar-refractivity contribution is 0.0939. The van der Waals surface area contributed by atoms with Gasteiger partial charge in [0.2, 0.25) is 0 Å². The molecular formula is C20H23FO2. The van der Waals surface area contributed by atoms with Crippen molar-refractivity contribution in [2.75, 3.05) is 0 Å². The van der Waals surface area contributed by atoms with E-state index in [4.69, 9.17) is 4.74 Å². The third kappa shape index (κ3) is 4.41. The summed E-state index contributed by atoms with van der Waals surface area (Å²) in [4.78, 5) is 11.9. The highest BCUT2D eigenvalue weighted by Crippen LogP contribution is 2.20. The molecular weight excluding hydrogens is 291 g/mol. The molecule has 2 rings (SSSR count). The topological polar surface area (TPSA) is 26.3 Å². The van der Waals surface area contributed by atoms with Crippen molar-refractivity contribution in [2.45, 2.75) is 40.2 Å². The Balaban J connectivity index is 2.04. The minimum atomic E-state index is -0.407. The molecule has 0 aliphatic heterocycles. The fraction of sp³-hybridized carbons (Fsp3) is 0.350. The molecule has 2 aromatic carbocycles. The molecule has 0 fully saturated rings. The van der Waals surface area contributed by atoms with Gasteiger partial charge >= 0.3 is 0 Å². The maximum Gasteiger partial charge on any atom is 0.165 e. The minimum Gasteiger partial charge on any atom is -0.489 e. The number of hydrogen-bond acceptors (Lipinski definition) is 2. The smallest absolute Gasteiger partial charge is 0.165 e. The molecule has 0 atom stereocenters. The first-order valence-electron chi connectivity index (χ1n) is 7.94. The molecule has 2 aromatic rings. The number of carbonyl (C=O) groups is 1. The van der Waals surface area contributed by atoms with Crippen LogP contribution in [0.1, 0.15) is 55.1 Å². The number of hydrogen-bond donors (Lipinski definition) is 0. The van der Waals surface area contributed by atoms with Crippen LogP contribution in [-0.2, 0) is 6.61 Å². The summed E-state index contributed by atoms with van der Waals surface area (Å²) in [6.07, 6.45) is 0. The molecule has 2 nitrogen and oxygen atoms in total. The van der Waals surface area contributed by atoms with Gasteiger partial charge in [-0.05, 0) is 29.7 Å². The second-order valence-corrected chi connectivity index (χ2v) is 6.34. The molecule has 0 spiro atoms. The third-order valence-corrected chi connectivity index (χ3v) is 3.80. The van der Waals surface area contributed by atoms with Crippen LogP contribution < -0.4 is 4.74 Å². The molecule has 0 saturated carbocycles. The van der Waals surface area contributed by atoms with Crippen molar-refractivity contribution in [2.24, 2.45) is 5.92 Å². The molecule has 0 aliphatic rings. The van der Waals surface area contributed by atoms with Gasteiger partial charge < -0.3 is 4.74 Å². The van der Waals surface area contributed by atoms with Gasteiger partial charge in [0.1, 0.15) is 18.2 Å². The van der Waals surface area contributed by atoms with E-state index in [-0.39, 0.29) is 18.3 Å². The summed E-state index contributed by atoms with van der Waals surface area (Å²) in [6, 6.07) is 12.4. The van der Waals surface area contributed by atoms with Crippen molar-refractivity contribution in [3.05, 3.63) is 65.0 Å². The van der Waals surface area contributed by atoms with Gasteiger partial charge in [0.15, 0.2) is 5.78 Å². The predicted molar refractivity (Wildman–Crippen MR) is 90.4 cm³/mol. The van der Waals surface area contributed by atoms with Crippen LogP contribution in [0, 0.1) is 11.7 Å². The summed E-state index contributed by atoms with van der Waals surface area (Å²) in [6.45, 7) is 8.01. The molecule has 0 N–H and O–H groups in total. The maximum atomic E-state index is 14.1. The summed E-state index contributed by atoms with van der Waals surface area (Å²) < 4.78 is 19.7. The van der Waals surface area contributed by atoms with E-state index in [9.17, 15) is 9.18 Å². The Morgan fingerprint density at radius 1 is 1.04 bits per heavy atom. The zero-order chi connectivity index (χ0) is 17.0. The Morgan fingerprint density at radius 3 is 2.22 bits per heavy atom. The van der Waals surface area contributed by atoms with Crippen LogP contribution in [0.4, 0.5) is 4.39 Å². The Labute approximate surface area is 137 Å². The first kappa shape index (κ1) is 17.2. The van der Waals surface area contributed by atoms with Crippen LogP contribution in [0.2, 0.25) is 0 Å². The van der Waals surface area contributed by atoms with Crippen molar-refractivity contribution in [1.82, 2.24) is 0 Å². The van der Waals surface area contributed by atoms with E-state index in [1.54, 1.807) is 26.0 Å². The fourth-order valence-corrected chi connectivity index (χ4v) is 2.26. The maximum absolute atomic E-state index is 14.1. The fourth-order valence-electron chi connectivity index (χ4n) is 2.26. The van der Waals surface area contributed by atoms with Gasteiger partial charge in [-0.3, -0.25) is 4.79 Å². The zero-order valence-electron chi connectivity index (χ0n) is 14.1. The SMILES string of the molecule is CC(C)C(=O)c1ccc(COc2ccc(C(C)C)cc2)c(F)c1. The Kier molecular flexibility index (Phi) is 5.54. The normalized spacial score (nSPS) is 11.1. The van der Waals surface area contributed by atoms with Crippen LogP contribution >= 0.6 is 0 Å². The van der Waals surface area contributed by atoms with Crippen LogP contribution in [0.15, 0.2) is 42.5 Å². The van der Waals surface area contributed by atoms with Crippen molar-refractivity contribution >= 4 is 5.78 Å². The van der Waals surface area contributed by atoms with Crippen LogP contribution in [0.5, 0.6) is 5.75 Å². The lowest BCUT2D eigenvalue weighted by Crippen LogP contribution is -2.09. The van der Waals surface area contributed by atoms with Crippen LogP contribution in [0.3, 0.4) is 0 Å². The minimum absolute atomic E-state index is 0.0550. The first-order chi connectivity index (χ1) is 10.9. The summed E-state index contributed by atoms with van der Waals surface area (Å²) in [5, 5.41) is 0. The van der Waals surface area contributed by atoms with Gasteiger partial charge in [-0.1, -0.05) is 52.0 Å². The molecule has 0 bridgehead atoms. The summed E-state index contributed by atoms with van der Waals surface area (Å²) >= 11 is 0. The number of ketones is 1. The van der Waals surface area contributed by atoms with Gasteiger partial charge in [0.05, 0.1) is 0 Å². The number of benzene rings is 2. The van der Waals surface area contributed by atoms with Crippen molar-refractivity contribution in [3.63, 3.8) is 0 Å². The molecule has 0 saturated heterocycles. The predicted octanol–water partition coefficient (Wildman–Crippen LogP) is 5.37. The Morgan fingerprint density at radius 2 is 1.70 bits per heavy atom. The van der Waals surface area contributed by atoms with Crippen LogP contribution in [-0.4, -0.2) is 5.78 Å². The molecule has 0 radical (unpaired) electrons. The van der Waals surface area contributed by atoms with E-state index in [0.717, 1.165) is 0 Å². The molecule has 0 unspecified atom stereocenters. The molecule has 122 valence electrons. The molecule has 23 heavy (non-hydrogen) atoms. The molecule has 0 amide bonds. The second-order valence-electron chi connectivity index (χ2n) is 6.34. The molecule has 0 aliphatic carbocycles. The van der Waals surface area contributed by atoms with Crippen molar-refractivity contribution < 1.29 is 13.9 Å². The molecule has 0 heterocycles. The lowest BCUT2D eigenvalue weighted by Gasteiger charge is -2.10. The monoisotopic (exact) mass is 314 g/mol. The van der Waals surface area contributed by atoms with Crippen LogP contribution in [0.25, 0.3) is 0 Å². The molecule has 0 aromatic heterocycles. The highest BCUT2D eigenvalue weighted by molar-refractivity contribution is 5.97. The standard InChI is InChI=1S/C20H23FO2/c1-13(2)15-7-9-18(10-8-15)23-12-17-6-5-16(11-19(17)21)20(22)14(3)4/h5-11,13-14H,12H2,1-4H3. The average molecular weight is 314 g/mol. The second kappa shape index (κ2) is 7.40. The van der Waals surface area contributed by atoms with Gasteiger partial charge in [0.25, 0.3) is 0 Å². The lowest BCUT2D eigenvalue weighted by atomic mass is 10.00. The van der Waals surface area contributed by atoms with E-state index >= 15 is 0 Å². The van der Waals surface area contributed by atoms with Gasteiger partial charge in [0, 0.05) is 17.0 Å². The van der Waals surface area contributed by atoms with E-state index in [2.05, 4.69) is 13.8 Å². The van der Waals surface area contributed by atoms with Gasteiger partial charge in [-0.25, -0.2) is 4.39 Å². The highest BCUT2D eigenvalue weighted by Gasteiger charge is 2.13. The zero-order valence-corrected chi connectivity index (χ0v) is 14.1. The number of rotatable bonds is 6. The number of Topliss-reactive ketones (excluding diaryl/α,β-unsaturated/α-hetero) is 1. The van der Waals surface area contributed by atoms with Crippen molar-refractivity contribution in [1.29, 1.82) is 0 Å². The van der Waals surface area contributed by atoms with E-state index in [1.807, 2.05) is 24.3 Å². The average Bonchev–Trinajstić information content (AvgIpc) is 2.53. The summed E-state index contributed by atoms with van der Waals surface area (Å²) in [5.74, 6) is 0.565. The van der Waals surface area contributed by atoms with Gasteiger partial charge in [-0.2, -0.15) is 0 Å². The number of ether oxygens (including phenoxy) is 1. The Bertz CT molecular complexity index is 673. The number of carbonyl (C=O) groups excluding carboxylic acids is 1. The third-order valence-electron chi connectivity index (χ3n) is 3.80.